The number of benzene rings is 4. The van der Waals surface area contributed by atoms with E-state index in [-0.39, 0.29) is 5.92 Å². The number of carbonyl (C=O) groups is 1. The smallest absolute Gasteiger partial charge is 0.329 e. The van der Waals surface area contributed by atoms with Gasteiger partial charge in [-0.2, -0.15) is 0 Å². The molecule has 0 heterocycles. The molecule has 0 radical (unpaired) electrons. The van der Waals surface area contributed by atoms with Gasteiger partial charge in [-0.1, -0.05) is 80.6 Å². The Kier molecular flexibility index (Phi) is 8.03. The molecule has 4 aromatic rings. The molecule has 0 aliphatic heterocycles. The van der Waals surface area contributed by atoms with Crippen LogP contribution in [0.25, 0.3) is 21.9 Å². The number of nitrogens with zero attached hydrogens (tertiary/aromatic N) is 1. The van der Waals surface area contributed by atoms with Crippen molar-refractivity contribution in [3.63, 3.8) is 0 Å². The molecule has 0 amide bonds. The van der Waals surface area contributed by atoms with E-state index < -0.39 is 23.3 Å². The van der Waals surface area contributed by atoms with E-state index in [1.54, 1.807) is 26.0 Å². The Hall–Kier alpha value is -3.68. The minimum Gasteiger partial charge on any atom is -0.489 e. The molecule has 6 nitrogen and oxygen atoms in total. The lowest BCUT2D eigenvalue weighted by Crippen LogP contribution is -2.46. The maximum atomic E-state index is 12.3. The van der Waals surface area contributed by atoms with Crippen LogP contribution < -0.4 is 9.04 Å². The zero-order valence-electron chi connectivity index (χ0n) is 20.5. The SMILES string of the molecule is COC(=O)C(C(C)C)N(c1ccc(-c2ccc(OCc3cccc4ccccc34)cc2)cc1)S(=O)O. The van der Waals surface area contributed by atoms with Crippen LogP contribution in [0.5, 0.6) is 5.75 Å². The van der Waals surface area contributed by atoms with E-state index in [0.29, 0.717) is 12.3 Å². The van der Waals surface area contributed by atoms with Gasteiger partial charge in [0.15, 0.2) is 0 Å². The fourth-order valence-corrected chi connectivity index (χ4v) is 5.06. The lowest BCUT2D eigenvalue weighted by Gasteiger charge is -2.30. The second-order valence-electron chi connectivity index (χ2n) is 8.77. The van der Waals surface area contributed by atoms with Gasteiger partial charge in [0.05, 0.1) is 12.8 Å². The Balaban J connectivity index is 1.48. The number of fused-ring (bicyclic) bond motifs is 1. The minimum absolute atomic E-state index is 0.227. The summed E-state index contributed by atoms with van der Waals surface area (Å²) in [5.74, 6) is -0.0202. The van der Waals surface area contributed by atoms with Crippen molar-refractivity contribution >= 4 is 33.7 Å². The number of ether oxygens (including phenoxy) is 2. The van der Waals surface area contributed by atoms with E-state index in [1.807, 2.05) is 54.6 Å². The Labute approximate surface area is 213 Å². The average molecular weight is 504 g/mol. The summed E-state index contributed by atoms with van der Waals surface area (Å²) in [5.41, 5.74) is 3.50. The fraction of sp³-hybridized carbons (Fsp3) is 0.207. The van der Waals surface area contributed by atoms with Crippen LogP contribution in [0.4, 0.5) is 5.69 Å². The molecular formula is C29H29NO5S. The number of rotatable bonds is 9. The van der Waals surface area contributed by atoms with Crippen molar-refractivity contribution in [3.8, 4) is 16.9 Å². The second kappa shape index (κ2) is 11.4. The maximum absolute atomic E-state index is 12.3. The largest absolute Gasteiger partial charge is 0.489 e. The first-order chi connectivity index (χ1) is 17.4. The molecule has 0 saturated heterocycles. The molecule has 0 fully saturated rings. The van der Waals surface area contributed by atoms with Gasteiger partial charge in [0.1, 0.15) is 18.4 Å². The maximum Gasteiger partial charge on any atom is 0.329 e. The first-order valence-corrected chi connectivity index (χ1v) is 12.7. The predicted molar refractivity (Wildman–Crippen MR) is 144 cm³/mol. The van der Waals surface area contributed by atoms with Gasteiger partial charge >= 0.3 is 5.97 Å². The van der Waals surface area contributed by atoms with Crippen molar-refractivity contribution in [2.75, 3.05) is 11.4 Å². The van der Waals surface area contributed by atoms with E-state index in [4.69, 9.17) is 9.47 Å². The number of methoxy groups -OCH3 is 1. The first-order valence-electron chi connectivity index (χ1n) is 11.7. The highest BCUT2D eigenvalue weighted by Gasteiger charge is 2.33. The van der Waals surface area contributed by atoms with Crippen LogP contribution in [0, 0.1) is 5.92 Å². The van der Waals surface area contributed by atoms with Gasteiger partial charge in [0.2, 0.25) is 0 Å². The number of carbonyl (C=O) groups excluding carboxylic acids is 1. The van der Waals surface area contributed by atoms with Crippen molar-refractivity contribution in [1.82, 2.24) is 0 Å². The number of esters is 1. The van der Waals surface area contributed by atoms with Crippen LogP contribution in [-0.4, -0.2) is 27.9 Å². The molecule has 1 N–H and O–H groups in total. The van der Waals surface area contributed by atoms with Crippen molar-refractivity contribution in [1.29, 1.82) is 0 Å². The van der Waals surface area contributed by atoms with Gasteiger partial charge in [-0.15, -0.1) is 0 Å². The average Bonchev–Trinajstić information content (AvgIpc) is 2.90. The van der Waals surface area contributed by atoms with E-state index >= 15 is 0 Å². The van der Waals surface area contributed by atoms with Gasteiger partial charge in [-0.05, 0) is 57.6 Å². The predicted octanol–water partition coefficient (Wildman–Crippen LogP) is 6.23. The molecule has 2 atom stereocenters. The van der Waals surface area contributed by atoms with Gasteiger partial charge < -0.3 is 9.47 Å². The highest BCUT2D eigenvalue weighted by atomic mass is 32.2. The molecule has 0 bridgehead atoms. The van der Waals surface area contributed by atoms with E-state index in [2.05, 4.69) is 24.3 Å². The van der Waals surface area contributed by atoms with E-state index in [9.17, 15) is 13.6 Å². The summed E-state index contributed by atoms with van der Waals surface area (Å²) < 4.78 is 34.1. The van der Waals surface area contributed by atoms with E-state index in [1.165, 1.54) is 22.2 Å². The Bertz CT molecular complexity index is 1350. The number of hydrogen-bond donors (Lipinski definition) is 1. The Morgan fingerprint density at radius 1 is 0.889 bits per heavy atom. The summed E-state index contributed by atoms with van der Waals surface area (Å²) in [6.45, 7) is 4.08. The number of hydrogen-bond acceptors (Lipinski definition) is 4. The molecular weight excluding hydrogens is 474 g/mol. The van der Waals surface area contributed by atoms with Crippen molar-refractivity contribution in [3.05, 3.63) is 96.6 Å². The standard InChI is InChI=1S/C29H29NO5S/c1-20(2)28(29(31)34-3)30(36(32)33)25-15-11-21(12-16-25)22-13-17-26(18-14-22)35-19-24-9-6-8-23-7-4-5-10-27(23)24/h4-18,20,28H,19H2,1-3H3,(H,32,33). The molecule has 0 aliphatic rings. The summed E-state index contributed by atoms with van der Waals surface area (Å²) in [6.07, 6.45) is 0. The highest BCUT2D eigenvalue weighted by Crippen LogP contribution is 2.29. The fourth-order valence-electron chi connectivity index (χ4n) is 4.23. The Morgan fingerprint density at radius 3 is 2.11 bits per heavy atom. The summed E-state index contributed by atoms with van der Waals surface area (Å²) in [5, 5.41) is 2.37. The van der Waals surface area contributed by atoms with Crippen LogP contribution in [0.1, 0.15) is 19.4 Å². The normalized spacial score (nSPS) is 12.8. The molecule has 0 spiro atoms. The molecule has 0 saturated carbocycles. The van der Waals surface area contributed by atoms with Crippen LogP contribution >= 0.6 is 0 Å². The minimum atomic E-state index is -2.39. The molecule has 0 aliphatic carbocycles. The third kappa shape index (κ3) is 5.58. The molecule has 0 aromatic heterocycles. The summed E-state index contributed by atoms with van der Waals surface area (Å²) >= 11 is -2.39. The zero-order chi connectivity index (χ0) is 25.7. The lowest BCUT2D eigenvalue weighted by molar-refractivity contribution is -0.142. The molecule has 4 aromatic carbocycles. The van der Waals surface area contributed by atoms with E-state index in [0.717, 1.165) is 22.4 Å². The van der Waals surface area contributed by atoms with Crippen LogP contribution in [0.15, 0.2) is 91.0 Å². The van der Waals surface area contributed by atoms with Crippen LogP contribution in [0.2, 0.25) is 0 Å². The zero-order valence-corrected chi connectivity index (χ0v) is 21.3. The summed E-state index contributed by atoms with van der Waals surface area (Å²) in [4.78, 5) is 12.3. The molecule has 2 unspecified atom stereocenters. The van der Waals surface area contributed by atoms with Crippen LogP contribution in [0.3, 0.4) is 0 Å². The van der Waals surface area contributed by atoms with Gasteiger partial charge in [-0.25, -0.2) is 9.00 Å². The molecule has 186 valence electrons. The third-order valence-corrected chi connectivity index (χ3v) is 6.85. The number of anilines is 1. The lowest BCUT2D eigenvalue weighted by atomic mass is 10.0. The van der Waals surface area contributed by atoms with Crippen molar-refractivity contribution in [2.24, 2.45) is 5.92 Å². The quantitative estimate of drug-likeness (QED) is 0.217. The Morgan fingerprint density at radius 2 is 1.50 bits per heavy atom. The van der Waals surface area contributed by atoms with Crippen molar-refractivity contribution < 1.29 is 23.0 Å². The van der Waals surface area contributed by atoms with Crippen molar-refractivity contribution in [2.45, 2.75) is 26.5 Å². The topological polar surface area (TPSA) is 76.1 Å². The monoisotopic (exact) mass is 503 g/mol. The second-order valence-corrected chi connectivity index (χ2v) is 9.62. The molecule has 7 heteroatoms. The highest BCUT2D eigenvalue weighted by molar-refractivity contribution is 7.80. The van der Waals surface area contributed by atoms with Crippen LogP contribution in [-0.2, 0) is 27.4 Å². The van der Waals surface area contributed by atoms with Gasteiger partial charge in [0, 0.05) is 0 Å². The first kappa shape index (κ1) is 25.4. The van der Waals surface area contributed by atoms with Gasteiger partial charge in [0.25, 0.3) is 11.3 Å². The molecule has 36 heavy (non-hydrogen) atoms. The van der Waals surface area contributed by atoms with Gasteiger partial charge in [-0.3, -0.25) is 8.86 Å². The summed E-state index contributed by atoms with van der Waals surface area (Å²) in [6, 6.07) is 28.5. The summed E-state index contributed by atoms with van der Waals surface area (Å²) in [7, 11) is 1.27. The third-order valence-electron chi connectivity index (χ3n) is 6.08. The molecule has 4 rings (SSSR count).